The van der Waals surface area contributed by atoms with Crippen molar-refractivity contribution in [3.05, 3.63) is 84.0 Å². The number of sulfonamides is 2. The molecule has 2 saturated heterocycles. The van der Waals surface area contributed by atoms with Gasteiger partial charge in [-0.15, -0.1) is 0 Å². The average molecular weight is 527 g/mol. The van der Waals surface area contributed by atoms with Crippen LogP contribution in [0.25, 0.3) is 0 Å². The van der Waals surface area contributed by atoms with Crippen LogP contribution >= 0.6 is 0 Å². The highest BCUT2D eigenvalue weighted by Crippen LogP contribution is 2.56. The lowest BCUT2D eigenvalue weighted by atomic mass is 9.62. The Bertz CT molecular complexity index is 1320. The minimum absolute atomic E-state index is 0.0242. The lowest BCUT2D eigenvalue weighted by Gasteiger charge is -2.40. The molecular weight excluding hydrogens is 492 g/mol. The second-order valence-electron chi connectivity index (χ2n) is 10.7. The van der Waals surface area contributed by atoms with Gasteiger partial charge < -0.3 is 0 Å². The molecule has 0 N–H and O–H groups in total. The van der Waals surface area contributed by atoms with E-state index in [1.165, 1.54) is 0 Å². The van der Waals surface area contributed by atoms with E-state index in [0.717, 1.165) is 22.3 Å². The van der Waals surface area contributed by atoms with Gasteiger partial charge in [0, 0.05) is 37.0 Å². The summed E-state index contributed by atoms with van der Waals surface area (Å²) in [6.07, 6.45) is 0. The summed E-state index contributed by atoms with van der Waals surface area (Å²) in [4.78, 5) is 0.561. The van der Waals surface area contributed by atoms with Gasteiger partial charge in [0.25, 0.3) is 0 Å². The van der Waals surface area contributed by atoms with Crippen LogP contribution in [0.4, 0.5) is 0 Å². The van der Waals surface area contributed by atoms with Crippen LogP contribution in [0.3, 0.4) is 0 Å². The maximum absolute atomic E-state index is 13.6. The normalized spacial score (nSPS) is 31.4. The van der Waals surface area contributed by atoms with Crippen molar-refractivity contribution in [1.82, 2.24) is 8.61 Å². The van der Waals surface area contributed by atoms with Crippen molar-refractivity contribution in [2.75, 3.05) is 13.1 Å². The zero-order valence-electron chi connectivity index (χ0n) is 21.3. The summed E-state index contributed by atoms with van der Waals surface area (Å²) in [6.45, 7) is 17.1. The van der Waals surface area contributed by atoms with E-state index in [4.69, 9.17) is 0 Å². The SMILES string of the molecule is C=C1C(=C)[C@H]2[C@@H](CN(S(=O)(=O)c3ccc(C)cc3)[C@@H]2C)[C@@H]2CN(S(=O)(=O)c3ccc(C)cc3)[C@H](C)[C@H]12. The van der Waals surface area contributed by atoms with Crippen LogP contribution in [0, 0.1) is 37.5 Å². The van der Waals surface area contributed by atoms with Gasteiger partial charge in [0.1, 0.15) is 0 Å². The van der Waals surface area contributed by atoms with Gasteiger partial charge in [-0.2, -0.15) is 8.61 Å². The van der Waals surface area contributed by atoms with Crippen LogP contribution in [0.1, 0.15) is 25.0 Å². The van der Waals surface area contributed by atoms with Gasteiger partial charge in [-0.25, -0.2) is 16.8 Å². The first-order valence-electron chi connectivity index (χ1n) is 12.4. The first kappa shape index (κ1) is 25.4. The van der Waals surface area contributed by atoms with Gasteiger partial charge in [0.05, 0.1) is 9.79 Å². The summed E-state index contributed by atoms with van der Waals surface area (Å²) in [6, 6.07) is 13.3. The average Bonchev–Trinajstić information content (AvgIpc) is 3.36. The minimum Gasteiger partial charge on any atom is -0.207 e. The van der Waals surface area contributed by atoms with Crippen LogP contribution in [-0.2, 0) is 20.0 Å². The van der Waals surface area contributed by atoms with Gasteiger partial charge in [-0.3, -0.25) is 0 Å². The van der Waals surface area contributed by atoms with Crippen LogP contribution in [0.2, 0.25) is 0 Å². The summed E-state index contributed by atoms with van der Waals surface area (Å²) in [7, 11) is -7.41. The Morgan fingerprint density at radius 3 is 1.25 bits per heavy atom. The molecule has 0 unspecified atom stereocenters. The van der Waals surface area contributed by atoms with Crippen LogP contribution in [0.15, 0.2) is 82.6 Å². The van der Waals surface area contributed by atoms with E-state index in [-0.39, 0.29) is 45.5 Å². The Balaban J connectivity index is 1.50. The molecule has 6 atom stereocenters. The Kier molecular flexibility index (Phi) is 6.10. The second kappa shape index (κ2) is 8.65. The predicted molar refractivity (Wildman–Crippen MR) is 141 cm³/mol. The molecule has 0 amide bonds. The van der Waals surface area contributed by atoms with Gasteiger partial charge in [0.2, 0.25) is 20.0 Å². The Labute approximate surface area is 215 Å². The van der Waals surface area contributed by atoms with E-state index < -0.39 is 20.0 Å². The maximum Gasteiger partial charge on any atom is 0.243 e. The van der Waals surface area contributed by atoms with Crippen LogP contribution in [0.5, 0.6) is 0 Å². The van der Waals surface area contributed by atoms with E-state index in [9.17, 15) is 16.8 Å². The standard InChI is InChI=1S/C28H34N2O4S2/c1-17-7-11-23(12-8-17)35(31,32)29-15-25-26-16-30(36(33,34)24-13-9-18(2)10-14-24)22(6)28(26)20(4)19(3)27(25)21(29)5/h7-14,21-22,25-28H,3-4,15-16H2,1-2,5-6H3/t21-,22-,25+,26+,27-,28+/m1/s1. The molecular formula is C28H34N2O4S2. The molecule has 0 aromatic heterocycles. The van der Waals surface area contributed by atoms with E-state index in [2.05, 4.69) is 13.2 Å². The molecule has 8 heteroatoms. The quantitative estimate of drug-likeness (QED) is 0.593. The Morgan fingerprint density at radius 1 is 0.639 bits per heavy atom. The van der Waals surface area contributed by atoms with Gasteiger partial charge in [0.15, 0.2) is 0 Å². The summed E-state index contributed by atoms with van der Waals surface area (Å²) in [5.74, 6) is -0.228. The summed E-state index contributed by atoms with van der Waals surface area (Å²) >= 11 is 0. The van der Waals surface area contributed by atoms with Crippen molar-refractivity contribution in [2.45, 2.75) is 49.6 Å². The second-order valence-corrected chi connectivity index (χ2v) is 14.5. The fourth-order valence-electron chi connectivity index (χ4n) is 6.70. The molecule has 6 nitrogen and oxygen atoms in total. The molecule has 2 aromatic carbocycles. The number of nitrogens with zero attached hydrogens (tertiary/aromatic N) is 2. The topological polar surface area (TPSA) is 74.8 Å². The van der Waals surface area contributed by atoms with Gasteiger partial charge in [-0.05, 0) is 74.9 Å². The highest BCUT2D eigenvalue weighted by Gasteiger charge is 2.59. The number of aryl methyl sites for hydroxylation is 2. The van der Waals surface area contributed by atoms with E-state index in [1.807, 2.05) is 52.0 Å². The number of rotatable bonds is 4. The molecule has 2 heterocycles. The molecule has 1 aliphatic carbocycles. The van der Waals surface area contributed by atoms with Crippen molar-refractivity contribution >= 4 is 20.0 Å². The van der Waals surface area contributed by atoms with Crippen molar-refractivity contribution in [1.29, 1.82) is 0 Å². The van der Waals surface area contributed by atoms with Crippen molar-refractivity contribution in [3.63, 3.8) is 0 Å². The lowest BCUT2D eigenvalue weighted by Crippen LogP contribution is -2.39. The third-order valence-corrected chi connectivity index (χ3v) is 12.6. The van der Waals surface area contributed by atoms with Gasteiger partial charge in [-0.1, -0.05) is 48.6 Å². The number of benzene rings is 2. The van der Waals surface area contributed by atoms with E-state index in [1.54, 1.807) is 32.9 Å². The van der Waals surface area contributed by atoms with E-state index in [0.29, 0.717) is 13.1 Å². The highest BCUT2D eigenvalue weighted by atomic mass is 32.2. The molecule has 2 aliphatic heterocycles. The van der Waals surface area contributed by atoms with Crippen molar-refractivity contribution in [2.24, 2.45) is 23.7 Å². The number of hydrogen-bond donors (Lipinski definition) is 0. The molecule has 0 bridgehead atoms. The molecule has 2 aromatic rings. The zero-order valence-corrected chi connectivity index (χ0v) is 22.9. The molecule has 3 aliphatic rings. The molecule has 5 rings (SSSR count). The number of fused-ring (bicyclic) bond motifs is 3. The molecule has 0 spiro atoms. The minimum atomic E-state index is -3.70. The molecule has 1 saturated carbocycles. The first-order valence-corrected chi connectivity index (χ1v) is 15.3. The molecule has 3 fully saturated rings. The summed E-state index contributed by atoms with van der Waals surface area (Å²) in [5, 5.41) is 0. The third-order valence-electron chi connectivity index (χ3n) is 8.67. The molecule has 0 radical (unpaired) electrons. The smallest absolute Gasteiger partial charge is 0.207 e. The Hall–Kier alpha value is -2.26. The zero-order chi connectivity index (χ0) is 26.2. The van der Waals surface area contributed by atoms with Crippen LogP contribution < -0.4 is 0 Å². The highest BCUT2D eigenvalue weighted by molar-refractivity contribution is 7.89. The van der Waals surface area contributed by atoms with Crippen molar-refractivity contribution in [3.8, 4) is 0 Å². The van der Waals surface area contributed by atoms with E-state index >= 15 is 0 Å². The Morgan fingerprint density at radius 2 is 0.944 bits per heavy atom. The number of hydrogen-bond acceptors (Lipinski definition) is 4. The fraction of sp³-hybridized carbons (Fsp3) is 0.429. The fourth-order valence-corrected chi connectivity index (χ4v) is 10.1. The predicted octanol–water partition coefficient (Wildman–Crippen LogP) is 4.38. The monoisotopic (exact) mass is 526 g/mol. The largest absolute Gasteiger partial charge is 0.243 e. The molecule has 36 heavy (non-hydrogen) atoms. The van der Waals surface area contributed by atoms with Crippen molar-refractivity contribution < 1.29 is 16.8 Å². The summed E-state index contributed by atoms with van der Waals surface area (Å²) in [5.41, 5.74) is 3.72. The molecule has 192 valence electrons. The third kappa shape index (κ3) is 3.72. The van der Waals surface area contributed by atoms with Gasteiger partial charge >= 0.3 is 0 Å². The summed E-state index contributed by atoms with van der Waals surface area (Å²) < 4.78 is 57.8. The lowest BCUT2D eigenvalue weighted by molar-refractivity contribution is 0.234. The first-order chi connectivity index (χ1) is 16.9. The maximum atomic E-state index is 13.6. The van der Waals surface area contributed by atoms with Crippen LogP contribution in [-0.4, -0.2) is 50.6 Å².